The van der Waals surface area contributed by atoms with E-state index in [1.165, 1.54) is 11.8 Å². The average molecular weight is 337 g/mol. The maximum Gasteiger partial charge on any atom is 0.329 e. The summed E-state index contributed by atoms with van der Waals surface area (Å²) in [6.45, 7) is 3.48. The minimum Gasteiger partial charge on any atom is -0.464 e. The molecule has 0 N–H and O–H groups in total. The molecule has 126 valence electrons. The van der Waals surface area contributed by atoms with E-state index >= 15 is 0 Å². The fourth-order valence-corrected chi connectivity index (χ4v) is 2.65. The minimum absolute atomic E-state index is 0.0216. The van der Waals surface area contributed by atoms with Crippen molar-refractivity contribution in [1.29, 1.82) is 0 Å². The van der Waals surface area contributed by atoms with E-state index in [2.05, 4.69) is 0 Å². The summed E-state index contributed by atoms with van der Waals surface area (Å²) in [5.74, 6) is -0.168. The third-order valence-corrected chi connectivity index (χ3v) is 4.13. The zero-order valence-electron chi connectivity index (χ0n) is 13.8. The van der Waals surface area contributed by atoms with Crippen molar-refractivity contribution in [3.05, 3.63) is 35.9 Å². The molecule has 0 bridgehead atoms. The molecule has 0 unspecified atom stereocenters. The van der Waals surface area contributed by atoms with Crippen LogP contribution < -0.4 is 0 Å². The second-order valence-electron chi connectivity index (χ2n) is 5.05. The van der Waals surface area contributed by atoms with Crippen molar-refractivity contribution in [2.24, 2.45) is 0 Å². The molecule has 1 rings (SSSR count). The Morgan fingerprint density at radius 1 is 1.22 bits per heavy atom. The molecule has 0 heterocycles. The van der Waals surface area contributed by atoms with Crippen LogP contribution in [0, 0.1) is 0 Å². The van der Waals surface area contributed by atoms with Gasteiger partial charge in [0, 0.05) is 32.6 Å². The zero-order valence-corrected chi connectivity index (χ0v) is 14.6. The summed E-state index contributed by atoms with van der Waals surface area (Å²) in [4.78, 5) is 36.8. The van der Waals surface area contributed by atoms with Crippen LogP contribution in [0.4, 0.5) is 0 Å². The predicted molar refractivity (Wildman–Crippen MR) is 91.1 cm³/mol. The fraction of sp³-hybridized carbons (Fsp3) is 0.471. The van der Waals surface area contributed by atoms with Gasteiger partial charge in [-0.2, -0.15) is 0 Å². The van der Waals surface area contributed by atoms with Gasteiger partial charge in [0.2, 0.25) is 5.91 Å². The lowest BCUT2D eigenvalue weighted by atomic mass is 10.0. The highest BCUT2D eigenvalue weighted by Gasteiger charge is 2.28. The lowest BCUT2D eigenvalue weighted by Gasteiger charge is -2.26. The summed E-state index contributed by atoms with van der Waals surface area (Å²) in [6, 6.07) is 8.85. The Kier molecular flexibility index (Phi) is 8.40. The predicted octanol–water partition coefficient (Wildman–Crippen LogP) is 2.29. The molecule has 1 amide bonds. The number of nitrogens with zero attached hydrogens (tertiary/aromatic N) is 1. The van der Waals surface area contributed by atoms with Gasteiger partial charge in [0.05, 0.1) is 6.61 Å². The van der Waals surface area contributed by atoms with Gasteiger partial charge in [-0.15, -0.1) is 0 Å². The normalized spacial score (nSPS) is 11.6. The topological polar surface area (TPSA) is 63.7 Å². The molecule has 0 aliphatic heterocycles. The SMILES string of the molecule is CCOC(=O)[C@H](Cc1ccccc1)N(C)C(=O)CCSC(C)=O. The van der Waals surface area contributed by atoms with Crippen LogP contribution in [0.3, 0.4) is 0 Å². The van der Waals surface area contributed by atoms with E-state index in [-0.39, 0.29) is 24.1 Å². The zero-order chi connectivity index (χ0) is 17.2. The summed E-state index contributed by atoms with van der Waals surface area (Å²) in [5, 5.41) is -0.0216. The van der Waals surface area contributed by atoms with Crippen molar-refractivity contribution >= 4 is 28.8 Å². The van der Waals surface area contributed by atoms with Gasteiger partial charge in [0.1, 0.15) is 6.04 Å². The van der Waals surface area contributed by atoms with E-state index in [0.717, 1.165) is 17.3 Å². The Hall–Kier alpha value is -1.82. The molecule has 0 radical (unpaired) electrons. The van der Waals surface area contributed by atoms with Crippen LogP contribution >= 0.6 is 11.8 Å². The molecule has 0 aliphatic rings. The summed E-state index contributed by atoms with van der Waals surface area (Å²) < 4.78 is 5.10. The molecule has 0 aliphatic carbocycles. The Bertz CT molecular complexity index is 533. The second-order valence-corrected chi connectivity index (χ2v) is 6.32. The van der Waals surface area contributed by atoms with Gasteiger partial charge in [0.25, 0.3) is 0 Å². The highest BCUT2D eigenvalue weighted by Crippen LogP contribution is 2.12. The molecule has 5 nitrogen and oxygen atoms in total. The van der Waals surface area contributed by atoms with Crippen LogP contribution in [0.5, 0.6) is 0 Å². The van der Waals surface area contributed by atoms with E-state index in [0.29, 0.717) is 12.2 Å². The maximum absolute atomic E-state index is 12.3. The number of amides is 1. The first-order chi connectivity index (χ1) is 11.0. The summed E-state index contributed by atoms with van der Waals surface area (Å²) >= 11 is 1.11. The Morgan fingerprint density at radius 3 is 2.43 bits per heavy atom. The number of hydrogen-bond donors (Lipinski definition) is 0. The second kappa shape index (κ2) is 10.0. The van der Waals surface area contributed by atoms with Gasteiger partial charge >= 0.3 is 5.97 Å². The third kappa shape index (κ3) is 6.86. The van der Waals surface area contributed by atoms with Crippen molar-refractivity contribution in [1.82, 2.24) is 4.90 Å². The number of carbonyl (C=O) groups excluding carboxylic acids is 3. The van der Waals surface area contributed by atoms with Crippen LogP contribution in [0.15, 0.2) is 30.3 Å². The van der Waals surface area contributed by atoms with Gasteiger partial charge in [-0.25, -0.2) is 4.79 Å². The number of rotatable bonds is 8. The molecule has 1 atom stereocenters. The maximum atomic E-state index is 12.3. The standard InChI is InChI=1S/C17H23NO4S/c1-4-22-17(21)15(12-14-8-6-5-7-9-14)18(3)16(20)10-11-23-13(2)19/h5-9,15H,4,10-12H2,1-3H3/t15-/m0/s1. The highest BCUT2D eigenvalue weighted by atomic mass is 32.2. The van der Waals surface area contributed by atoms with Crippen molar-refractivity contribution in [2.75, 3.05) is 19.4 Å². The number of thioether (sulfide) groups is 1. The first-order valence-electron chi connectivity index (χ1n) is 7.55. The van der Waals surface area contributed by atoms with Crippen molar-refractivity contribution in [3.63, 3.8) is 0 Å². The van der Waals surface area contributed by atoms with Crippen molar-refractivity contribution in [2.45, 2.75) is 32.7 Å². The van der Waals surface area contributed by atoms with Crippen LogP contribution in [-0.4, -0.2) is 47.3 Å². The van der Waals surface area contributed by atoms with Crippen LogP contribution in [-0.2, 0) is 25.5 Å². The number of benzene rings is 1. The van der Waals surface area contributed by atoms with E-state index in [1.54, 1.807) is 14.0 Å². The first-order valence-corrected chi connectivity index (χ1v) is 8.53. The van der Waals surface area contributed by atoms with E-state index in [4.69, 9.17) is 4.74 Å². The molecule has 0 saturated carbocycles. The lowest BCUT2D eigenvalue weighted by Crippen LogP contribution is -2.45. The van der Waals surface area contributed by atoms with Gasteiger partial charge in [0.15, 0.2) is 5.12 Å². The average Bonchev–Trinajstić information content (AvgIpc) is 2.52. The first kappa shape index (κ1) is 19.2. The van der Waals surface area contributed by atoms with Crippen molar-refractivity contribution in [3.8, 4) is 0 Å². The molecule has 6 heteroatoms. The Morgan fingerprint density at radius 2 is 1.87 bits per heavy atom. The van der Waals surface area contributed by atoms with Gasteiger partial charge in [-0.1, -0.05) is 42.1 Å². The molecular formula is C17H23NO4S. The fourth-order valence-electron chi connectivity index (χ4n) is 2.09. The Labute approximate surface area is 141 Å². The monoisotopic (exact) mass is 337 g/mol. The molecule has 1 aromatic carbocycles. The summed E-state index contributed by atoms with van der Waals surface area (Å²) in [6.07, 6.45) is 0.618. The molecule has 0 saturated heterocycles. The third-order valence-electron chi connectivity index (χ3n) is 3.31. The smallest absolute Gasteiger partial charge is 0.329 e. The van der Waals surface area contributed by atoms with Gasteiger partial charge < -0.3 is 9.64 Å². The van der Waals surface area contributed by atoms with Crippen molar-refractivity contribution < 1.29 is 19.1 Å². The number of esters is 1. The van der Waals surface area contributed by atoms with Crippen LogP contribution in [0.1, 0.15) is 25.8 Å². The quantitative estimate of drug-likeness (QED) is 0.681. The number of hydrogen-bond acceptors (Lipinski definition) is 5. The van der Waals surface area contributed by atoms with Gasteiger partial charge in [-0.3, -0.25) is 9.59 Å². The molecule has 23 heavy (non-hydrogen) atoms. The van der Waals surface area contributed by atoms with Crippen LogP contribution in [0.25, 0.3) is 0 Å². The number of likely N-dealkylation sites (N-methyl/N-ethyl adjacent to an activating group) is 1. The molecular weight excluding hydrogens is 314 g/mol. The molecule has 0 spiro atoms. The van der Waals surface area contributed by atoms with Crippen LogP contribution in [0.2, 0.25) is 0 Å². The number of ether oxygens (including phenoxy) is 1. The summed E-state index contributed by atoms with van der Waals surface area (Å²) in [7, 11) is 1.60. The van der Waals surface area contributed by atoms with E-state index in [9.17, 15) is 14.4 Å². The van der Waals surface area contributed by atoms with Gasteiger partial charge in [-0.05, 0) is 12.5 Å². The minimum atomic E-state index is -0.660. The van der Waals surface area contributed by atoms with E-state index in [1.807, 2.05) is 30.3 Å². The highest BCUT2D eigenvalue weighted by molar-refractivity contribution is 8.13. The number of carbonyl (C=O) groups is 3. The molecule has 1 aromatic rings. The molecule has 0 fully saturated rings. The largest absolute Gasteiger partial charge is 0.464 e. The summed E-state index contributed by atoms with van der Waals surface area (Å²) in [5.41, 5.74) is 0.961. The molecule has 0 aromatic heterocycles. The lowest BCUT2D eigenvalue weighted by molar-refractivity contribution is -0.153. The Balaban J connectivity index is 2.75. The van der Waals surface area contributed by atoms with E-state index < -0.39 is 12.0 Å².